The van der Waals surface area contributed by atoms with E-state index in [1.54, 1.807) is 0 Å². The van der Waals surface area contributed by atoms with Gasteiger partial charge in [-0.1, -0.05) is 29.5 Å². The molecule has 2 rings (SSSR count). The van der Waals surface area contributed by atoms with Crippen LogP contribution in [0.5, 0.6) is 0 Å². The molecule has 0 N–H and O–H groups in total. The fraction of sp³-hybridized carbons (Fsp3) is 0.417. The molecule has 1 saturated heterocycles. The Kier molecular flexibility index (Phi) is 5.11. The minimum Gasteiger partial charge on any atom is -0.353 e. The standard InChI is InChI=1S/C12H16N2S.HI/c1-9-4-5-11(10(2)8-9)13-12-14(3)6-7-15-12;/h4-5,8H,6-7H2,1-3H3;1H. The maximum absolute atomic E-state index is 4.69. The summed E-state index contributed by atoms with van der Waals surface area (Å²) in [6.45, 7) is 5.33. The van der Waals surface area contributed by atoms with Crippen LogP contribution in [0.3, 0.4) is 0 Å². The number of amidine groups is 1. The Balaban J connectivity index is 0.00000128. The van der Waals surface area contributed by atoms with Crippen LogP contribution in [0.15, 0.2) is 23.2 Å². The maximum atomic E-state index is 4.69. The van der Waals surface area contributed by atoms with Gasteiger partial charge >= 0.3 is 0 Å². The third-order valence-corrected chi connectivity index (χ3v) is 3.60. The molecule has 0 unspecified atom stereocenters. The highest BCUT2D eigenvalue weighted by atomic mass is 127. The summed E-state index contributed by atoms with van der Waals surface area (Å²) >= 11 is 1.83. The molecule has 0 atom stereocenters. The number of rotatable bonds is 1. The molecule has 1 aliphatic rings. The number of nitrogens with zero attached hydrogens (tertiary/aromatic N) is 2. The van der Waals surface area contributed by atoms with Crippen LogP contribution in [0.25, 0.3) is 0 Å². The smallest absolute Gasteiger partial charge is 0.164 e. The van der Waals surface area contributed by atoms with E-state index in [4.69, 9.17) is 0 Å². The van der Waals surface area contributed by atoms with Gasteiger partial charge in [0.2, 0.25) is 0 Å². The maximum Gasteiger partial charge on any atom is 0.164 e. The second kappa shape index (κ2) is 5.91. The Morgan fingerprint density at radius 3 is 2.62 bits per heavy atom. The molecular weight excluding hydrogens is 331 g/mol. The second-order valence-electron chi connectivity index (χ2n) is 3.95. The van der Waals surface area contributed by atoms with Gasteiger partial charge in [0.15, 0.2) is 5.17 Å². The van der Waals surface area contributed by atoms with Crippen LogP contribution in [-0.4, -0.2) is 29.4 Å². The summed E-state index contributed by atoms with van der Waals surface area (Å²) in [5, 5.41) is 1.14. The van der Waals surface area contributed by atoms with Crippen LogP contribution < -0.4 is 0 Å². The van der Waals surface area contributed by atoms with Gasteiger partial charge in [-0.25, -0.2) is 4.99 Å². The minimum atomic E-state index is 0. The van der Waals surface area contributed by atoms with E-state index in [9.17, 15) is 0 Å². The summed E-state index contributed by atoms with van der Waals surface area (Å²) in [5.41, 5.74) is 3.64. The zero-order chi connectivity index (χ0) is 10.8. The van der Waals surface area contributed by atoms with E-state index >= 15 is 0 Å². The average Bonchev–Trinajstić information content (AvgIpc) is 2.57. The van der Waals surface area contributed by atoms with E-state index < -0.39 is 0 Å². The Morgan fingerprint density at radius 2 is 2.06 bits per heavy atom. The van der Waals surface area contributed by atoms with Crippen molar-refractivity contribution in [3.63, 3.8) is 0 Å². The molecule has 0 spiro atoms. The molecule has 0 bridgehead atoms. The lowest BCUT2D eigenvalue weighted by molar-refractivity contribution is 0.563. The zero-order valence-electron chi connectivity index (χ0n) is 9.86. The molecule has 0 aromatic heterocycles. The Morgan fingerprint density at radius 1 is 1.31 bits per heavy atom. The molecule has 1 heterocycles. The third kappa shape index (κ3) is 3.13. The Labute approximate surface area is 119 Å². The number of hydrogen-bond donors (Lipinski definition) is 0. The first kappa shape index (κ1) is 13.8. The fourth-order valence-electron chi connectivity index (χ4n) is 1.63. The number of benzene rings is 1. The normalized spacial score (nSPS) is 17.7. The van der Waals surface area contributed by atoms with Crippen LogP contribution in [0.4, 0.5) is 5.69 Å². The van der Waals surface area contributed by atoms with E-state index in [0.29, 0.717) is 0 Å². The van der Waals surface area contributed by atoms with Crippen molar-refractivity contribution < 1.29 is 0 Å². The highest BCUT2D eigenvalue weighted by Gasteiger charge is 2.15. The largest absolute Gasteiger partial charge is 0.353 e. The SMILES string of the molecule is Cc1ccc(N=C2SCCN2C)c(C)c1.I. The topological polar surface area (TPSA) is 15.6 Å². The van der Waals surface area contributed by atoms with Crippen LogP contribution in [0.1, 0.15) is 11.1 Å². The number of halogens is 1. The third-order valence-electron chi connectivity index (χ3n) is 2.55. The van der Waals surface area contributed by atoms with Gasteiger partial charge in [0.05, 0.1) is 5.69 Å². The van der Waals surface area contributed by atoms with Crippen molar-refractivity contribution in [2.75, 3.05) is 19.3 Å². The number of aliphatic imine (C=N–C) groups is 1. The number of aryl methyl sites for hydroxylation is 2. The molecule has 0 radical (unpaired) electrons. The van der Waals surface area contributed by atoms with Crippen molar-refractivity contribution in [2.24, 2.45) is 4.99 Å². The summed E-state index contributed by atoms with van der Waals surface area (Å²) in [5.74, 6) is 1.15. The summed E-state index contributed by atoms with van der Waals surface area (Å²) in [4.78, 5) is 6.90. The Hall–Kier alpha value is -0.230. The molecule has 16 heavy (non-hydrogen) atoms. The molecule has 1 aromatic carbocycles. The van der Waals surface area contributed by atoms with Crippen molar-refractivity contribution in [1.82, 2.24) is 4.90 Å². The molecule has 2 nitrogen and oxygen atoms in total. The molecule has 0 aliphatic carbocycles. The molecule has 1 aromatic rings. The molecule has 88 valence electrons. The van der Waals surface area contributed by atoms with Gasteiger partial charge in [-0.3, -0.25) is 0 Å². The van der Waals surface area contributed by atoms with Crippen molar-refractivity contribution in [3.05, 3.63) is 29.3 Å². The lowest BCUT2D eigenvalue weighted by Gasteiger charge is -2.10. The van der Waals surface area contributed by atoms with E-state index in [1.807, 2.05) is 11.8 Å². The second-order valence-corrected chi connectivity index (χ2v) is 5.02. The van der Waals surface area contributed by atoms with Gasteiger partial charge in [0.1, 0.15) is 0 Å². The number of thioether (sulfide) groups is 1. The molecule has 1 aliphatic heterocycles. The summed E-state index contributed by atoms with van der Waals surface area (Å²) in [6.07, 6.45) is 0. The van der Waals surface area contributed by atoms with Crippen LogP contribution >= 0.6 is 35.7 Å². The van der Waals surface area contributed by atoms with Gasteiger partial charge in [0, 0.05) is 19.3 Å². The monoisotopic (exact) mass is 348 g/mol. The molecule has 4 heteroatoms. The summed E-state index contributed by atoms with van der Waals surface area (Å²) in [6, 6.07) is 6.40. The predicted molar refractivity (Wildman–Crippen MR) is 83.5 cm³/mol. The van der Waals surface area contributed by atoms with Gasteiger partial charge in [0.25, 0.3) is 0 Å². The zero-order valence-corrected chi connectivity index (χ0v) is 13.0. The highest BCUT2D eigenvalue weighted by molar-refractivity contribution is 14.0. The first-order valence-corrected chi connectivity index (χ1v) is 6.15. The van der Waals surface area contributed by atoms with E-state index in [0.717, 1.165) is 23.2 Å². The fourth-order valence-corrected chi connectivity index (χ4v) is 2.65. The summed E-state index contributed by atoms with van der Waals surface area (Å²) in [7, 11) is 2.10. The highest BCUT2D eigenvalue weighted by Crippen LogP contribution is 2.24. The van der Waals surface area contributed by atoms with Gasteiger partial charge < -0.3 is 4.90 Å². The molecular formula is C12H17IN2S. The lowest BCUT2D eigenvalue weighted by atomic mass is 10.1. The van der Waals surface area contributed by atoms with E-state index in [2.05, 4.69) is 49.0 Å². The van der Waals surface area contributed by atoms with Crippen molar-refractivity contribution in [3.8, 4) is 0 Å². The quantitative estimate of drug-likeness (QED) is 0.721. The first-order chi connectivity index (χ1) is 7.16. The van der Waals surface area contributed by atoms with E-state index in [-0.39, 0.29) is 24.0 Å². The minimum absolute atomic E-state index is 0. The van der Waals surface area contributed by atoms with Gasteiger partial charge in [-0.2, -0.15) is 0 Å². The van der Waals surface area contributed by atoms with Crippen molar-refractivity contribution in [2.45, 2.75) is 13.8 Å². The van der Waals surface area contributed by atoms with Crippen LogP contribution in [0, 0.1) is 13.8 Å². The van der Waals surface area contributed by atoms with Crippen LogP contribution in [0.2, 0.25) is 0 Å². The molecule has 1 fully saturated rings. The lowest BCUT2D eigenvalue weighted by Crippen LogP contribution is -2.17. The number of hydrogen-bond acceptors (Lipinski definition) is 2. The van der Waals surface area contributed by atoms with Gasteiger partial charge in [-0.15, -0.1) is 24.0 Å². The van der Waals surface area contributed by atoms with Crippen molar-refractivity contribution in [1.29, 1.82) is 0 Å². The molecule has 0 amide bonds. The van der Waals surface area contributed by atoms with E-state index in [1.165, 1.54) is 11.1 Å². The average molecular weight is 348 g/mol. The van der Waals surface area contributed by atoms with Crippen molar-refractivity contribution >= 4 is 46.6 Å². The molecule has 0 saturated carbocycles. The summed E-state index contributed by atoms with van der Waals surface area (Å²) < 4.78 is 0. The van der Waals surface area contributed by atoms with Crippen LogP contribution in [-0.2, 0) is 0 Å². The predicted octanol–water partition coefficient (Wildman–Crippen LogP) is 3.59. The Bertz CT molecular complexity index is 404. The van der Waals surface area contributed by atoms with Gasteiger partial charge in [-0.05, 0) is 25.5 Å². The first-order valence-electron chi connectivity index (χ1n) is 5.17.